The fourth-order valence-corrected chi connectivity index (χ4v) is 2.75. The molecule has 0 bridgehead atoms. The summed E-state index contributed by atoms with van der Waals surface area (Å²) in [6.45, 7) is 7.11. The fourth-order valence-electron chi connectivity index (χ4n) is 2.63. The molecule has 5 heteroatoms. The minimum Gasteiger partial charge on any atom is -0.365 e. The summed E-state index contributed by atoms with van der Waals surface area (Å²) in [7, 11) is 0. The molecule has 0 spiro atoms. The van der Waals surface area contributed by atoms with Crippen molar-refractivity contribution < 1.29 is 14.6 Å². The molecule has 1 fully saturated rings. The van der Waals surface area contributed by atoms with E-state index in [-0.39, 0.29) is 11.9 Å². The van der Waals surface area contributed by atoms with Crippen molar-refractivity contribution in [1.29, 1.82) is 0 Å². The first kappa shape index (κ1) is 14.3. The number of halogens is 1. The molecule has 4 N–H and O–H groups in total. The summed E-state index contributed by atoms with van der Waals surface area (Å²) in [6, 6.07) is 7.97. The average Bonchev–Trinajstić information content (AvgIpc) is 2.41. The van der Waals surface area contributed by atoms with Crippen LogP contribution in [-0.4, -0.2) is 38.1 Å². The highest BCUT2D eigenvalue weighted by Gasteiger charge is 2.29. The number of hydrogen-bond donors (Lipinski definition) is 3. The van der Waals surface area contributed by atoms with Crippen LogP contribution in [0.25, 0.3) is 0 Å². The van der Waals surface area contributed by atoms with Gasteiger partial charge in [-0.1, -0.05) is 23.7 Å². The van der Waals surface area contributed by atoms with Gasteiger partial charge in [0.05, 0.1) is 0 Å². The molecule has 1 saturated heterocycles. The maximum atomic E-state index is 11.2. The SMILES string of the molecule is C[C@H](C(N)=O)[NH+]1CC[NH+](Cc2ccc(Cl)cc2)CC1. The lowest BCUT2D eigenvalue weighted by Gasteiger charge is -2.32. The van der Waals surface area contributed by atoms with Crippen LogP contribution in [0.15, 0.2) is 24.3 Å². The molecule has 1 aliphatic rings. The number of benzene rings is 1. The van der Waals surface area contributed by atoms with Crippen molar-refractivity contribution >= 4 is 17.5 Å². The van der Waals surface area contributed by atoms with E-state index >= 15 is 0 Å². The molecule has 19 heavy (non-hydrogen) atoms. The molecule has 1 amide bonds. The molecular weight excluding hydrogens is 262 g/mol. The Morgan fingerprint density at radius 2 is 1.84 bits per heavy atom. The zero-order chi connectivity index (χ0) is 13.8. The smallest absolute Gasteiger partial charge is 0.275 e. The van der Waals surface area contributed by atoms with Crippen molar-refractivity contribution in [3.63, 3.8) is 0 Å². The molecule has 104 valence electrons. The van der Waals surface area contributed by atoms with Gasteiger partial charge in [0, 0.05) is 10.6 Å². The van der Waals surface area contributed by atoms with Gasteiger partial charge in [-0.15, -0.1) is 0 Å². The van der Waals surface area contributed by atoms with Crippen LogP contribution in [0.5, 0.6) is 0 Å². The Bertz CT molecular complexity index is 427. The van der Waals surface area contributed by atoms with E-state index in [1.54, 1.807) is 4.90 Å². The van der Waals surface area contributed by atoms with Crippen molar-refractivity contribution in [1.82, 2.24) is 0 Å². The molecule has 4 nitrogen and oxygen atoms in total. The van der Waals surface area contributed by atoms with Gasteiger partial charge < -0.3 is 15.5 Å². The molecule has 1 atom stereocenters. The Hall–Kier alpha value is -1.10. The van der Waals surface area contributed by atoms with E-state index in [4.69, 9.17) is 17.3 Å². The summed E-state index contributed by atoms with van der Waals surface area (Å²) in [4.78, 5) is 14.1. The average molecular weight is 284 g/mol. The van der Waals surface area contributed by atoms with E-state index < -0.39 is 0 Å². The van der Waals surface area contributed by atoms with E-state index in [9.17, 15) is 4.79 Å². The van der Waals surface area contributed by atoms with Crippen LogP contribution < -0.4 is 15.5 Å². The molecule has 1 heterocycles. The first-order valence-corrected chi connectivity index (χ1v) is 7.16. The normalized spacial score (nSPS) is 24.9. The van der Waals surface area contributed by atoms with Crippen molar-refractivity contribution in [2.75, 3.05) is 26.2 Å². The van der Waals surface area contributed by atoms with E-state index in [0.29, 0.717) is 0 Å². The van der Waals surface area contributed by atoms with Gasteiger partial charge in [0.2, 0.25) is 0 Å². The topological polar surface area (TPSA) is 52.0 Å². The Labute approximate surface area is 119 Å². The summed E-state index contributed by atoms with van der Waals surface area (Å²) in [5, 5.41) is 0.781. The summed E-state index contributed by atoms with van der Waals surface area (Å²) >= 11 is 5.88. The number of rotatable bonds is 4. The third-order valence-corrected chi connectivity index (χ3v) is 4.26. The number of nitrogens with one attached hydrogen (secondary N) is 2. The number of primary amides is 1. The second-order valence-corrected chi connectivity index (χ2v) is 5.77. The third kappa shape index (κ3) is 3.93. The Morgan fingerprint density at radius 3 is 2.37 bits per heavy atom. The molecule has 0 radical (unpaired) electrons. The van der Waals surface area contributed by atoms with Crippen LogP contribution >= 0.6 is 11.6 Å². The van der Waals surface area contributed by atoms with E-state index in [2.05, 4.69) is 12.1 Å². The van der Waals surface area contributed by atoms with Crippen LogP contribution in [0.2, 0.25) is 5.02 Å². The lowest BCUT2D eigenvalue weighted by atomic mass is 10.1. The van der Waals surface area contributed by atoms with Crippen molar-refractivity contribution in [2.24, 2.45) is 5.73 Å². The molecule has 0 aromatic heterocycles. The Morgan fingerprint density at radius 1 is 1.26 bits per heavy atom. The van der Waals surface area contributed by atoms with Crippen LogP contribution in [0.3, 0.4) is 0 Å². The zero-order valence-electron chi connectivity index (χ0n) is 11.3. The summed E-state index contributed by atoms with van der Waals surface area (Å²) in [5.41, 5.74) is 6.67. The van der Waals surface area contributed by atoms with Gasteiger partial charge in [-0.2, -0.15) is 0 Å². The van der Waals surface area contributed by atoms with E-state index in [1.165, 1.54) is 10.5 Å². The van der Waals surface area contributed by atoms with Gasteiger partial charge in [0.1, 0.15) is 32.7 Å². The molecule has 1 aromatic carbocycles. The Balaban J connectivity index is 1.83. The van der Waals surface area contributed by atoms with Crippen LogP contribution in [0.4, 0.5) is 0 Å². The minimum atomic E-state index is -0.198. The fraction of sp³-hybridized carbons (Fsp3) is 0.500. The highest BCUT2D eigenvalue weighted by molar-refractivity contribution is 6.30. The largest absolute Gasteiger partial charge is 0.365 e. The third-order valence-electron chi connectivity index (χ3n) is 4.01. The van der Waals surface area contributed by atoms with Gasteiger partial charge in [-0.25, -0.2) is 0 Å². The predicted octanol–water partition coefficient (Wildman–Crippen LogP) is -1.50. The van der Waals surface area contributed by atoms with Crippen LogP contribution in [0.1, 0.15) is 12.5 Å². The standard InChI is InChI=1S/C14H20ClN3O/c1-11(14(16)19)18-8-6-17(7-9-18)10-12-2-4-13(15)5-3-12/h2-5,11H,6-10H2,1H3,(H2,16,19)/p+2/t11-/m1/s1. The first-order chi connectivity index (χ1) is 9.06. The number of carbonyl (C=O) groups excluding carboxylic acids is 1. The van der Waals surface area contributed by atoms with Crippen molar-refractivity contribution in [2.45, 2.75) is 19.5 Å². The molecule has 0 unspecified atom stereocenters. The second kappa shape index (κ2) is 6.37. The summed E-state index contributed by atoms with van der Waals surface area (Å²) < 4.78 is 0. The maximum absolute atomic E-state index is 11.2. The second-order valence-electron chi connectivity index (χ2n) is 5.34. The molecule has 0 saturated carbocycles. The highest BCUT2D eigenvalue weighted by atomic mass is 35.5. The summed E-state index contributed by atoms with van der Waals surface area (Å²) in [5.74, 6) is -0.198. The van der Waals surface area contributed by atoms with E-state index in [0.717, 1.165) is 37.7 Å². The van der Waals surface area contributed by atoms with Crippen molar-refractivity contribution in [3.05, 3.63) is 34.9 Å². The van der Waals surface area contributed by atoms with Gasteiger partial charge >= 0.3 is 0 Å². The molecular formula is C14H22ClN3O+2. The van der Waals surface area contributed by atoms with Gasteiger partial charge in [-0.3, -0.25) is 4.79 Å². The Kier molecular flexibility index (Phi) is 4.80. The van der Waals surface area contributed by atoms with E-state index in [1.807, 2.05) is 19.1 Å². The monoisotopic (exact) mass is 283 g/mol. The van der Waals surface area contributed by atoms with Gasteiger partial charge in [0.15, 0.2) is 6.04 Å². The molecule has 2 rings (SSSR count). The first-order valence-electron chi connectivity index (χ1n) is 6.78. The molecule has 0 aliphatic carbocycles. The zero-order valence-corrected chi connectivity index (χ0v) is 12.0. The number of quaternary nitrogens is 2. The number of amides is 1. The maximum Gasteiger partial charge on any atom is 0.275 e. The highest BCUT2D eigenvalue weighted by Crippen LogP contribution is 2.08. The lowest BCUT2D eigenvalue weighted by molar-refractivity contribution is -1.02. The van der Waals surface area contributed by atoms with Gasteiger partial charge in [0.25, 0.3) is 5.91 Å². The lowest BCUT2D eigenvalue weighted by Crippen LogP contribution is -3.29. The predicted molar refractivity (Wildman–Crippen MR) is 75.2 cm³/mol. The number of nitrogens with two attached hydrogens (primary N) is 1. The van der Waals surface area contributed by atoms with Crippen molar-refractivity contribution in [3.8, 4) is 0 Å². The summed E-state index contributed by atoms with van der Waals surface area (Å²) in [6.07, 6.45) is 0. The number of piperazine rings is 1. The minimum absolute atomic E-state index is 0.0721. The number of hydrogen-bond acceptors (Lipinski definition) is 1. The van der Waals surface area contributed by atoms with Crippen LogP contribution in [0, 0.1) is 0 Å². The van der Waals surface area contributed by atoms with Gasteiger partial charge in [-0.05, 0) is 19.1 Å². The van der Waals surface area contributed by atoms with Crippen LogP contribution in [-0.2, 0) is 11.3 Å². The quantitative estimate of drug-likeness (QED) is 0.619. The molecule has 1 aliphatic heterocycles. The number of carbonyl (C=O) groups is 1. The molecule has 1 aromatic rings.